The Morgan fingerprint density at radius 3 is 1.38 bits per heavy atom. The fourth-order valence-electron chi connectivity index (χ4n) is 0. The Balaban J connectivity index is -0.0000000750. The van der Waals surface area contributed by atoms with Crippen LogP contribution < -0.4 is 24.8 Å². The molecule has 8 heteroatoms. The van der Waals surface area contributed by atoms with Crippen LogP contribution in [0.3, 0.4) is 0 Å². The van der Waals surface area contributed by atoms with Crippen LogP contribution in [0.25, 0.3) is 0 Å². The molecule has 0 spiro atoms. The van der Waals surface area contributed by atoms with Gasteiger partial charge in [0.2, 0.25) is 10.4 Å². The number of nitrogens with two attached hydrogens (primary N) is 1. The minimum atomic E-state index is -4.92. The van der Waals surface area contributed by atoms with Crippen molar-refractivity contribution in [2.24, 2.45) is 5.90 Å². The topological polar surface area (TPSA) is 124 Å². The molecule has 0 rings (SSSR count). The molecule has 0 amide bonds. The van der Waals surface area contributed by atoms with Crippen LogP contribution in [0, 0.1) is 0 Å². The van der Waals surface area contributed by atoms with Gasteiger partial charge >= 0.3 is 18.9 Å². The molecule has 0 aromatic heterocycles. The fourth-order valence-corrected chi connectivity index (χ4v) is 0. The fraction of sp³-hybridized carbons (Fsp3) is 0. The molecular weight excluding hydrogens is 133 g/mol. The van der Waals surface area contributed by atoms with Gasteiger partial charge in [-0.15, -0.1) is 0 Å². The van der Waals surface area contributed by atoms with Crippen LogP contribution in [0.4, 0.5) is 0 Å². The third-order valence-corrected chi connectivity index (χ3v) is 0. The summed E-state index contributed by atoms with van der Waals surface area (Å²) in [7, 11) is -4.92. The van der Waals surface area contributed by atoms with E-state index < -0.39 is 10.4 Å². The van der Waals surface area contributed by atoms with E-state index in [1.165, 1.54) is 0 Å². The average Bonchev–Trinajstić information content (AvgIpc) is 1.36. The number of rotatable bonds is 0. The van der Waals surface area contributed by atoms with Gasteiger partial charge in [0.15, 0.2) is 0 Å². The summed E-state index contributed by atoms with van der Waals surface area (Å²) in [6.45, 7) is 0. The summed E-state index contributed by atoms with van der Waals surface area (Å²) in [5, 5.41) is 6.50. The monoisotopic (exact) mass is 137 g/mol. The van der Waals surface area contributed by atoms with Gasteiger partial charge in [0.25, 0.3) is 0 Å². The van der Waals surface area contributed by atoms with Gasteiger partial charge in [0.05, 0.1) is 0 Å². The van der Waals surface area contributed by atoms with Crippen molar-refractivity contribution in [2.75, 3.05) is 0 Å². The van der Waals surface area contributed by atoms with Gasteiger partial charge in [-0.05, 0) is 0 Å². The zero-order valence-corrected chi connectivity index (χ0v) is 4.92. The summed E-state index contributed by atoms with van der Waals surface area (Å²) in [5.74, 6) is 3.50. The first-order valence-corrected chi connectivity index (χ1v) is 2.31. The van der Waals surface area contributed by atoms with Crippen LogP contribution in [-0.2, 0) is 10.4 Å². The first-order valence-electron chi connectivity index (χ1n) is 0.941. The Morgan fingerprint density at radius 1 is 1.38 bits per heavy atom. The average molecular weight is 137 g/mol. The molecule has 0 heterocycles. The Kier molecular flexibility index (Phi) is 14.6. The second-order valence-corrected chi connectivity index (χ2v) is 1.28. The molecule has 4 N–H and O–H groups in total. The molecule has 6 nitrogen and oxygen atoms in total. The Bertz CT molecular complexity index is 95.6. The molecule has 0 radical (unpaired) electrons. The van der Waals surface area contributed by atoms with Crippen molar-refractivity contribution in [1.82, 2.24) is 0 Å². The molecule has 0 aliphatic carbocycles. The van der Waals surface area contributed by atoms with Crippen molar-refractivity contribution >= 4 is 10.4 Å². The summed E-state index contributed by atoms with van der Waals surface area (Å²) in [5.41, 5.74) is 0. The van der Waals surface area contributed by atoms with Crippen LogP contribution in [-0.4, -0.2) is 22.7 Å². The molecule has 0 unspecified atom stereocenters. The van der Waals surface area contributed by atoms with Crippen LogP contribution in [0.2, 0.25) is 0 Å². The van der Waals surface area contributed by atoms with Crippen LogP contribution >= 0.6 is 0 Å². The third kappa shape index (κ3) is 1240. The quantitative estimate of drug-likeness (QED) is 0.133. The minimum absolute atomic E-state index is 0. The summed E-state index contributed by atoms with van der Waals surface area (Å²) in [6, 6.07) is 0. The minimum Gasteiger partial charge on any atom is -0.726 e. The van der Waals surface area contributed by atoms with Gasteiger partial charge < -0.3 is 9.76 Å². The van der Waals surface area contributed by atoms with Gasteiger partial charge in [-0.2, -0.15) is 0 Å². The number of hydrogen-bond donors (Lipinski definition) is 3. The molecule has 0 aliphatic heterocycles. The van der Waals surface area contributed by atoms with Gasteiger partial charge in [-0.25, -0.2) is 14.3 Å². The Labute approximate surface area is 58.4 Å². The van der Waals surface area contributed by atoms with Crippen molar-refractivity contribution in [3.63, 3.8) is 0 Å². The van der Waals surface area contributed by atoms with E-state index in [1.54, 1.807) is 0 Å². The van der Waals surface area contributed by atoms with Crippen molar-refractivity contribution in [2.45, 2.75) is 0 Å². The van der Waals surface area contributed by atoms with E-state index in [0.717, 1.165) is 0 Å². The predicted octanol–water partition coefficient (Wildman–Crippen LogP) is -4.66. The first kappa shape index (κ1) is 15.8. The summed E-state index contributed by atoms with van der Waals surface area (Å²) < 4.78 is 32.8. The second-order valence-electron chi connectivity index (χ2n) is 0.428. The second kappa shape index (κ2) is 7.39. The van der Waals surface area contributed by atoms with E-state index in [1.807, 2.05) is 0 Å². The van der Waals surface area contributed by atoms with Crippen molar-refractivity contribution in [3.05, 3.63) is 0 Å². The van der Waals surface area contributed by atoms with E-state index in [9.17, 15) is 0 Å². The summed E-state index contributed by atoms with van der Waals surface area (Å²) in [6.07, 6.45) is 0. The van der Waals surface area contributed by atoms with E-state index >= 15 is 0 Å². The van der Waals surface area contributed by atoms with Crippen molar-refractivity contribution in [1.29, 1.82) is 0 Å². The summed E-state index contributed by atoms with van der Waals surface area (Å²) >= 11 is 0. The summed E-state index contributed by atoms with van der Waals surface area (Å²) in [4.78, 5) is 0. The van der Waals surface area contributed by atoms with E-state index in [-0.39, 0.29) is 18.9 Å². The molecule has 0 atom stereocenters. The van der Waals surface area contributed by atoms with E-state index in [0.29, 0.717) is 0 Å². The zero-order valence-electron chi connectivity index (χ0n) is 4.10. The van der Waals surface area contributed by atoms with E-state index in [2.05, 4.69) is 5.90 Å². The molecule has 46 valence electrons. The van der Waals surface area contributed by atoms with E-state index in [4.69, 9.17) is 22.7 Å². The normalized spacial score (nSPS) is 8.00. The van der Waals surface area contributed by atoms with Crippen LogP contribution in [0.1, 0.15) is 0 Å². The van der Waals surface area contributed by atoms with Gasteiger partial charge in [-0.3, -0.25) is 4.55 Å². The van der Waals surface area contributed by atoms with Crippen LogP contribution in [0.5, 0.6) is 0 Å². The molecule has 0 bridgehead atoms. The largest absolute Gasteiger partial charge is 1.00 e. The SMILES string of the molecule is NO.O=S(=O)([O-])O.[Li+]. The maximum atomic E-state index is 8.63. The maximum absolute atomic E-state index is 8.63. The number of hydrogen-bond acceptors (Lipinski definition) is 5. The molecule has 0 saturated carbocycles. The maximum Gasteiger partial charge on any atom is 1.00 e. The molecule has 0 fully saturated rings. The molecule has 0 aliphatic rings. The van der Waals surface area contributed by atoms with Crippen molar-refractivity contribution < 1.29 is 41.6 Å². The third-order valence-electron chi connectivity index (χ3n) is 0. The molecule has 0 saturated heterocycles. The standard InChI is InChI=1S/Li.H3NO.H2O4S/c;1-2;1-5(2,3)4/h;2H,1H2;(H2,1,2,3,4)/q+1;;/p-1. The zero-order chi connectivity index (χ0) is 6.50. The van der Waals surface area contributed by atoms with Crippen molar-refractivity contribution in [3.8, 4) is 0 Å². The van der Waals surface area contributed by atoms with Crippen LogP contribution in [0.15, 0.2) is 0 Å². The smallest absolute Gasteiger partial charge is 0.726 e. The molecule has 8 heavy (non-hydrogen) atoms. The molecule has 0 aromatic rings. The predicted molar refractivity (Wildman–Crippen MR) is 18.3 cm³/mol. The molecular formula is H4LiNO5S. The van der Waals surface area contributed by atoms with Gasteiger partial charge in [-0.1, -0.05) is 0 Å². The Hall–Kier alpha value is 0.387. The van der Waals surface area contributed by atoms with Gasteiger partial charge in [0.1, 0.15) is 0 Å². The first-order chi connectivity index (χ1) is 3.00. The Morgan fingerprint density at radius 2 is 1.38 bits per heavy atom. The molecule has 0 aromatic carbocycles. The van der Waals surface area contributed by atoms with Gasteiger partial charge in [0, 0.05) is 0 Å².